The van der Waals surface area contributed by atoms with Crippen LogP contribution in [0.25, 0.3) is 0 Å². The van der Waals surface area contributed by atoms with Gasteiger partial charge in [-0.25, -0.2) is 8.78 Å². The van der Waals surface area contributed by atoms with Crippen molar-refractivity contribution < 1.29 is 8.78 Å². The molecule has 0 radical (unpaired) electrons. The monoisotopic (exact) mass is 394 g/mol. The SMILES string of the molecule is NNC(Cc1ccc(Cl)c(Cl)c1)c1c(F)ccc(Br)c1F. The Hall–Kier alpha value is -0.720. The third-order valence-electron chi connectivity index (χ3n) is 3.05. The van der Waals surface area contributed by atoms with Crippen LogP contribution >= 0.6 is 39.1 Å². The summed E-state index contributed by atoms with van der Waals surface area (Å²) in [5, 5.41) is 0.789. The van der Waals surface area contributed by atoms with Gasteiger partial charge in [0.1, 0.15) is 11.6 Å². The lowest BCUT2D eigenvalue weighted by Gasteiger charge is -2.18. The summed E-state index contributed by atoms with van der Waals surface area (Å²) >= 11 is 14.8. The molecule has 112 valence electrons. The molecule has 2 aromatic rings. The first kappa shape index (κ1) is 16.6. The van der Waals surface area contributed by atoms with E-state index in [0.29, 0.717) is 10.0 Å². The molecule has 21 heavy (non-hydrogen) atoms. The number of hydrazine groups is 1. The zero-order valence-electron chi connectivity index (χ0n) is 10.6. The number of nitrogens with one attached hydrogen (secondary N) is 1. The lowest BCUT2D eigenvalue weighted by molar-refractivity contribution is 0.470. The third-order valence-corrected chi connectivity index (χ3v) is 4.40. The lowest BCUT2D eigenvalue weighted by Crippen LogP contribution is -2.31. The molecule has 1 atom stereocenters. The molecule has 0 aliphatic rings. The van der Waals surface area contributed by atoms with Crippen LogP contribution in [0.5, 0.6) is 0 Å². The van der Waals surface area contributed by atoms with Gasteiger partial charge in [0.25, 0.3) is 0 Å². The van der Waals surface area contributed by atoms with E-state index >= 15 is 0 Å². The highest BCUT2D eigenvalue weighted by atomic mass is 79.9. The third kappa shape index (κ3) is 3.73. The maximum Gasteiger partial charge on any atom is 0.145 e. The van der Waals surface area contributed by atoms with Crippen molar-refractivity contribution in [2.45, 2.75) is 12.5 Å². The van der Waals surface area contributed by atoms with Gasteiger partial charge < -0.3 is 0 Å². The molecular weight excluding hydrogens is 385 g/mol. The van der Waals surface area contributed by atoms with Crippen LogP contribution in [0.1, 0.15) is 17.2 Å². The van der Waals surface area contributed by atoms with Crippen molar-refractivity contribution >= 4 is 39.1 Å². The molecular formula is C14H11BrCl2F2N2. The fraction of sp³-hybridized carbons (Fsp3) is 0.143. The minimum atomic E-state index is -0.736. The fourth-order valence-electron chi connectivity index (χ4n) is 2.01. The van der Waals surface area contributed by atoms with Gasteiger partial charge in [0.15, 0.2) is 0 Å². The Balaban J connectivity index is 2.36. The molecule has 0 heterocycles. The number of halogens is 5. The second-order valence-electron chi connectivity index (χ2n) is 4.43. The minimum Gasteiger partial charge on any atom is -0.271 e. The molecule has 7 heteroatoms. The van der Waals surface area contributed by atoms with Gasteiger partial charge in [0.2, 0.25) is 0 Å². The molecule has 2 nitrogen and oxygen atoms in total. The Kier molecular flexibility index (Phi) is 5.57. The van der Waals surface area contributed by atoms with Crippen LogP contribution in [0.3, 0.4) is 0 Å². The van der Waals surface area contributed by atoms with E-state index < -0.39 is 17.7 Å². The van der Waals surface area contributed by atoms with Gasteiger partial charge in [-0.15, -0.1) is 0 Å². The van der Waals surface area contributed by atoms with Crippen molar-refractivity contribution in [3.63, 3.8) is 0 Å². The normalized spacial score (nSPS) is 12.5. The fourth-order valence-corrected chi connectivity index (χ4v) is 2.68. The average Bonchev–Trinajstić information content (AvgIpc) is 2.46. The number of hydrogen-bond donors (Lipinski definition) is 2. The van der Waals surface area contributed by atoms with Gasteiger partial charge in [-0.2, -0.15) is 0 Å². The summed E-state index contributed by atoms with van der Waals surface area (Å²) in [6.45, 7) is 0. The van der Waals surface area contributed by atoms with E-state index in [2.05, 4.69) is 21.4 Å². The molecule has 0 bridgehead atoms. The Morgan fingerprint density at radius 2 is 1.86 bits per heavy atom. The van der Waals surface area contributed by atoms with Gasteiger partial charge in [-0.3, -0.25) is 11.3 Å². The predicted molar refractivity (Wildman–Crippen MR) is 84.3 cm³/mol. The molecule has 2 rings (SSSR count). The molecule has 0 aliphatic heterocycles. The highest BCUT2D eigenvalue weighted by Gasteiger charge is 2.21. The van der Waals surface area contributed by atoms with Crippen molar-refractivity contribution in [3.8, 4) is 0 Å². The van der Waals surface area contributed by atoms with Crippen molar-refractivity contribution in [3.05, 3.63) is 67.6 Å². The summed E-state index contributed by atoms with van der Waals surface area (Å²) in [6, 6.07) is 6.75. The maximum absolute atomic E-state index is 14.1. The van der Waals surface area contributed by atoms with Crippen LogP contribution in [-0.4, -0.2) is 0 Å². The number of benzene rings is 2. The Labute approximate surface area is 139 Å². The molecule has 2 aromatic carbocycles. The van der Waals surface area contributed by atoms with Gasteiger partial charge in [-0.1, -0.05) is 29.3 Å². The summed E-state index contributed by atoms with van der Waals surface area (Å²) in [6.07, 6.45) is 0.262. The second-order valence-corrected chi connectivity index (χ2v) is 6.10. The molecule has 0 aromatic heterocycles. The molecule has 0 aliphatic carbocycles. The standard InChI is InChI=1S/C14H11BrCl2F2N2/c15-8-2-4-11(18)13(14(8)19)12(21-20)6-7-1-3-9(16)10(17)5-7/h1-5,12,21H,6,20H2. The molecule has 0 saturated carbocycles. The van der Waals surface area contributed by atoms with Crippen LogP contribution in [0, 0.1) is 11.6 Å². The van der Waals surface area contributed by atoms with Gasteiger partial charge in [0.05, 0.1) is 20.6 Å². The molecule has 1 unspecified atom stereocenters. The number of hydrogen-bond acceptors (Lipinski definition) is 2. The number of rotatable bonds is 4. The average molecular weight is 396 g/mol. The summed E-state index contributed by atoms with van der Waals surface area (Å²) in [5.74, 6) is 4.10. The summed E-state index contributed by atoms with van der Waals surface area (Å²) in [7, 11) is 0. The van der Waals surface area contributed by atoms with E-state index in [1.807, 2.05) is 0 Å². The Morgan fingerprint density at radius 1 is 1.14 bits per heavy atom. The van der Waals surface area contributed by atoms with Crippen molar-refractivity contribution in [1.82, 2.24) is 5.43 Å². The Morgan fingerprint density at radius 3 is 2.48 bits per heavy atom. The topological polar surface area (TPSA) is 38.0 Å². The van der Waals surface area contributed by atoms with E-state index in [9.17, 15) is 8.78 Å². The zero-order valence-corrected chi connectivity index (χ0v) is 13.7. The smallest absolute Gasteiger partial charge is 0.145 e. The molecule has 0 spiro atoms. The van der Waals surface area contributed by atoms with E-state index in [1.54, 1.807) is 18.2 Å². The summed E-state index contributed by atoms with van der Waals surface area (Å²) in [4.78, 5) is 0. The van der Waals surface area contributed by atoms with E-state index in [0.717, 1.165) is 5.56 Å². The van der Waals surface area contributed by atoms with Crippen LogP contribution in [0.15, 0.2) is 34.8 Å². The molecule has 3 N–H and O–H groups in total. The highest BCUT2D eigenvalue weighted by molar-refractivity contribution is 9.10. The van der Waals surface area contributed by atoms with Crippen LogP contribution in [-0.2, 0) is 6.42 Å². The van der Waals surface area contributed by atoms with Crippen molar-refractivity contribution in [2.75, 3.05) is 0 Å². The van der Waals surface area contributed by atoms with Gasteiger partial charge >= 0.3 is 0 Å². The zero-order chi connectivity index (χ0) is 15.6. The first-order chi connectivity index (χ1) is 9.93. The highest BCUT2D eigenvalue weighted by Crippen LogP contribution is 2.30. The van der Waals surface area contributed by atoms with Crippen molar-refractivity contribution in [2.24, 2.45) is 5.84 Å². The second kappa shape index (κ2) is 7.03. The largest absolute Gasteiger partial charge is 0.271 e. The van der Waals surface area contributed by atoms with E-state index in [4.69, 9.17) is 29.0 Å². The van der Waals surface area contributed by atoms with Crippen molar-refractivity contribution in [1.29, 1.82) is 0 Å². The number of nitrogens with two attached hydrogens (primary N) is 1. The van der Waals surface area contributed by atoms with Gasteiger partial charge in [0, 0.05) is 5.56 Å². The van der Waals surface area contributed by atoms with Crippen LogP contribution in [0.4, 0.5) is 8.78 Å². The van der Waals surface area contributed by atoms with Crippen LogP contribution < -0.4 is 11.3 Å². The first-order valence-electron chi connectivity index (χ1n) is 5.97. The molecule has 0 fully saturated rings. The molecule has 0 amide bonds. The first-order valence-corrected chi connectivity index (χ1v) is 7.52. The quantitative estimate of drug-likeness (QED) is 0.444. The molecule has 0 saturated heterocycles. The summed E-state index contributed by atoms with van der Waals surface area (Å²) < 4.78 is 28.2. The minimum absolute atomic E-state index is 0.127. The van der Waals surface area contributed by atoms with Crippen LogP contribution in [0.2, 0.25) is 10.0 Å². The van der Waals surface area contributed by atoms with Gasteiger partial charge in [-0.05, 0) is 52.2 Å². The Bertz CT molecular complexity index is 668. The maximum atomic E-state index is 14.1. The lowest BCUT2D eigenvalue weighted by atomic mass is 9.98. The van der Waals surface area contributed by atoms with E-state index in [1.165, 1.54) is 12.1 Å². The predicted octanol–water partition coefficient (Wildman–Crippen LogP) is 4.78. The van der Waals surface area contributed by atoms with E-state index in [-0.39, 0.29) is 16.5 Å². The summed E-state index contributed by atoms with van der Waals surface area (Å²) in [5.41, 5.74) is 3.06.